The van der Waals surface area contributed by atoms with Crippen molar-refractivity contribution in [3.8, 4) is 10.4 Å². The molecule has 1 aromatic carbocycles. The first-order valence-corrected chi connectivity index (χ1v) is 9.71. The van der Waals surface area contributed by atoms with Gasteiger partial charge in [-0.25, -0.2) is 17.4 Å². The van der Waals surface area contributed by atoms with Gasteiger partial charge in [0, 0.05) is 28.2 Å². The molecule has 0 amide bonds. The lowest BCUT2D eigenvalue weighted by Gasteiger charge is -2.07. The summed E-state index contributed by atoms with van der Waals surface area (Å²) in [5, 5.41) is 2.80. The zero-order valence-electron chi connectivity index (χ0n) is 12.9. The number of pyridine rings is 1. The predicted molar refractivity (Wildman–Crippen MR) is 96.8 cm³/mol. The van der Waals surface area contributed by atoms with Gasteiger partial charge < -0.3 is 0 Å². The summed E-state index contributed by atoms with van der Waals surface area (Å²) in [6.45, 7) is 1.93. The van der Waals surface area contributed by atoms with E-state index in [0.717, 1.165) is 21.4 Å². The standard InChI is InChI=1S/C18H14N2O2S2/c1-13-6-8-14(9-7-13)24(21,22)20-12-16(17-5-3-11-23-17)15-4-2-10-19-18(15)20/h2-12H,1H3. The predicted octanol–water partition coefficient (Wildman–Crippen LogP) is 4.31. The molecule has 0 spiro atoms. The van der Waals surface area contributed by atoms with Crippen LogP contribution in [-0.2, 0) is 10.0 Å². The summed E-state index contributed by atoms with van der Waals surface area (Å²) in [5.74, 6) is 0. The number of hydrogen-bond acceptors (Lipinski definition) is 4. The average molecular weight is 354 g/mol. The van der Waals surface area contributed by atoms with E-state index in [0.29, 0.717) is 5.65 Å². The molecular weight excluding hydrogens is 340 g/mol. The maximum absolute atomic E-state index is 13.1. The maximum Gasteiger partial charge on any atom is 0.269 e. The van der Waals surface area contributed by atoms with Crippen molar-refractivity contribution in [2.45, 2.75) is 11.8 Å². The van der Waals surface area contributed by atoms with Gasteiger partial charge in [-0.2, -0.15) is 0 Å². The van der Waals surface area contributed by atoms with Gasteiger partial charge in [0.2, 0.25) is 0 Å². The molecule has 0 bridgehead atoms. The van der Waals surface area contributed by atoms with Crippen LogP contribution in [0.5, 0.6) is 0 Å². The van der Waals surface area contributed by atoms with Gasteiger partial charge in [0.1, 0.15) is 0 Å². The molecule has 3 aromatic heterocycles. The molecule has 0 fully saturated rings. The summed E-state index contributed by atoms with van der Waals surface area (Å²) < 4.78 is 27.4. The van der Waals surface area contributed by atoms with Crippen LogP contribution in [0.4, 0.5) is 0 Å². The third kappa shape index (κ3) is 2.35. The molecule has 0 aliphatic heterocycles. The Labute approximate surface area is 144 Å². The van der Waals surface area contributed by atoms with Gasteiger partial charge in [-0.1, -0.05) is 23.8 Å². The Hall–Kier alpha value is -2.44. The van der Waals surface area contributed by atoms with Crippen LogP contribution in [0.25, 0.3) is 21.5 Å². The van der Waals surface area contributed by atoms with E-state index in [1.807, 2.05) is 36.6 Å². The van der Waals surface area contributed by atoms with E-state index in [9.17, 15) is 8.42 Å². The largest absolute Gasteiger partial charge is 0.269 e. The second-order valence-corrected chi connectivity index (χ2v) is 8.27. The first kappa shape index (κ1) is 15.1. The zero-order chi connectivity index (χ0) is 16.7. The van der Waals surface area contributed by atoms with E-state index in [2.05, 4.69) is 4.98 Å². The minimum atomic E-state index is -3.69. The van der Waals surface area contributed by atoms with Crippen LogP contribution >= 0.6 is 11.3 Å². The molecule has 4 rings (SSSR count). The molecule has 0 aliphatic carbocycles. The number of nitrogens with zero attached hydrogens (tertiary/aromatic N) is 2. The number of thiophene rings is 1. The van der Waals surface area contributed by atoms with Crippen LogP contribution in [0.3, 0.4) is 0 Å². The van der Waals surface area contributed by atoms with Crippen molar-refractivity contribution < 1.29 is 8.42 Å². The highest BCUT2D eigenvalue weighted by atomic mass is 32.2. The second-order valence-electron chi connectivity index (χ2n) is 5.51. The minimum Gasteiger partial charge on any atom is -0.237 e. The Bertz CT molecular complexity index is 1110. The number of benzene rings is 1. The lowest BCUT2D eigenvalue weighted by atomic mass is 10.2. The Balaban J connectivity index is 1.99. The number of aromatic nitrogens is 2. The fourth-order valence-corrected chi connectivity index (χ4v) is 4.74. The zero-order valence-corrected chi connectivity index (χ0v) is 14.5. The lowest BCUT2D eigenvalue weighted by Crippen LogP contribution is -2.12. The van der Waals surface area contributed by atoms with Gasteiger partial charge >= 0.3 is 0 Å². The highest BCUT2D eigenvalue weighted by Gasteiger charge is 2.22. The first-order chi connectivity index (χ1) is 11.6. The molecule has 0 unspecified atom stereocenters. The Kier molecular flexibility index (Phi) is 3.51. The fourth-order valence-electron chi connectivity index (χ4n) is 2.67. The molecule has 3 heterocycles. The van der Waals surface area contributed by atoms with E-state index in [1.54, 1.807) is 48.0 Å². The summed E-state index contributed by atoms with van der Waals surface area (Å²) in [6, 6.07) is 14.5. The molecule has 0 saturated carbocycles. The topological polar surface area (TPSA) is 52.0 Å². The summed E-state index contributed by atoms with van der Waals surface area (Å²) in [4.78, 5) is 5.59. The molecule has 0 radical (unpaired) electrons. The van der Waals surface area contributed by atoms with Crippen LogP contribution in [0.15, 0.2) is 71.2 Å². The quantitative estimate of drug-likeness (QED) is 0.551. The molecule has 4 aromatic rings. The van der Waals surface area contributed by atoms with Crippen molar-refractivity contribution in [2.24, 2.45) is 0 Å². The van der Waals surface area contributed by atoms with Crippen LogP contribution in [0.2, 0.25) is 0 Å². The third-order valence-electron chi connectivity index (χ3n) is 3.90. The van der Waals surface area contributed by atoms with Gasteiger partial charge in [0.05, 0.1) is 4.90 Å². The highest BCUT2D eigenvalue weighted by molar-refractivity contribution is 7.90. The fraction of sp³-hybridized carbons (Fsp3) is 0.0556. The second kappa shape index (κ2) is 5.58. The normalized spacial score (nSPS) is 11.9. The number of hydrogen-bond donors (Lipinski definition) is 0. The summed E-state index contributed by atoms with van der Waals surface area (Å²) in [6.07, 6.45) is 3.28. The SMILES string of the molecule is Cc1ccc(S(=O)(=O)n2cc(-c3cccs3)c3cccnc32)cc1. The van der Waals surface area contributed by atoms with Crippen molar-refractivity contribution in [2.75, 3.05) is 0 Å². The number of fused-ring (bicyclic) bond motifs is 1. The van der Waals surface area contributed by atoms with Gasteiger partial charge in [-0.05, 0) is 42.6 Å². The highest BCUT2D eigenvalue weighted by Crippen LogP contribution is 2.34. The van der Waals surface area contributed by atoms with E-state index in [-0.39, 0.29) is 4.90 Å². The van der Waals surface area contributed by atoms with Crippen molar-refractivity contribution in [3.63, 3.8) is 0 Å². The Morgan fingerprint density at radius 3 is 2.54 bits per heavy atom. The summed E-state index contributed by atoms with van der Waals surface area (Å²) in [5.41, 5.74) is 2.34. The van der Waals surface area contributed by atoms with E-state index in [1.165, 1.54) is 3.97 Å². The Morgan fingerprint density at radius 1 is 1.04 bits per heavy atom. The van der Waals surface area contributed by atoms with Crippen molar-refractivity contribution >= 4 is 32.4 Å². The molecule has 6 heteroatoms. The summed E-state index contributed by atoms with van der Waals surface area (Å²) >= 11 is 1.58. The van der Waals surface area contributed by atoms with Crippen molar-refractivity contribution in [3.05, 3.63) is 71.9 Å². The van der Waals surface area contributed by atoms with E-state index >= 15 is 0 Å². The van der Waals surface area contributed by atoms with Gasteiger partial charge in [0.15, 0.2) is 5.65 Å². The third-order valence-corrected chi connectivity index (χ3v) is 6.46. The average Bonchev–Trinajstić information content (AvgIpc) is 3.23. The number of rotatable bonds is 3. The number of aryl methyl sites for hydroxylation is 1. The minimum absolute atomic E-state index is 0.258. The molecule has 24 heavy (non-hydrogen) atoms. The molecule has 0 atom stereocenters. The van der Waals surface area contributed by atoms with E-state index < -0.39 is 10.0 Å². The van der Waals surface area contributed by atoms with Crippen molar-refractivity contribution in [1.82, 2.24) is 8.96 Å². The van der Waals surface area contributed by atoms with Gasteiger partial charge in [-0.3, -0.25) is 0 Å². The molecular formula is C18H14N2O2S2. The summed E-state index contributed by atoms with van der Waals surface area (Å²) in [7, 11) is -3.69. The van der Waals surface area contributed by atoms with Gasteiger partial charge in [-0.15, -0.1) is 11.3 Å². The van der Waals surface area contributed by atoms with Crippen LogP contribution in [0.1, 0.15) is 5.56 Å². The molecule has 120 valence electrons. The molecule has 0 aliphatic rings. The van der Waals surface area contributed by atoms with Crippen LogP contribution < -0.4 is 0 Å². The van der Waals surface area contributed by atoms with Gasteiger partial charge in [0.25, 0.3) is 10.0 Å². The molecule has 4 nitrogen and oxygen atoms in total. The lowest BCUT2D eigenvalue weighted by molar-refractivity contribution is 0.589. The van der Waals surface area contributed by atoms with E-state index in [4.69, 9.17) is 0 Å². The molecule has 0 saturated heterocycles. The van der Waals surface area contributed by atoms with Crippen LogP contribution in [-0.4, -0.2) is 17.4 Å². The van der Waals surface area contributed by atoms with Crippen molar-refractivity contribution in [1.29, 1.82) is 0 Å². The molecule has 0 N–H and O–H groups in total. The Morgan fingerprint density at radius 2 is 1.83 bits per heavy atom. The van der Waals surface area contributed by atoms with Crippen LogP contribution in [0, 0.1) is 6.92 Å². The smallest absolute Gasteiger partial charge is 0.237 e. The first-order valence-electron chi connectivity index (χ1n) is 7.39. The maximum atomic E-state index is 13.1. The monoisotopic (exact) mass is 354 g/mol.